The van der Waals surface area contributed by atoms with Crippen LogP contribution in [0.2, 0.25) is 0 Å². The van der Waals surface area contributed by atoms with Crippen molar-refractivity contribution >= 4 is 0 Å². The molecule has 0 aromatic heterocycles. The van der Waals surface area contributed by atoms with Gasteiger partial charge in [0.25, 0.3) is 0 Å². The average molecular weight is 398 g/mol. The van der Waals surface area contributed by atoms with Gasteiger partial charge in [-0.2, -0.15) is 0 Å². The Labute approximate surface area is 178 Å². The highest BCUT2D eigenvalue weighted by atomic mass is 16.0. The molecular formula is C26H55NO. The molecule has 0 atom stereocenters. The standard InChI is InChI=1S/C26H54N.H2O/c1-4-7-8-9-10-11-12-13-14-15-16-17-18-22-25-27(5-2,6-3)26-23-20-19-21-24-26;/h26H,4-25H2,1-3H3;1H2/q+1;/p-1. The Morgan fingerprint density at radius 1 is 0.536 bits per heavy atom. The first-order valence-electron chi connectivity index (χ1n) is 13.1. The van der Waals surface area contributed by atoms with Gasteiger partial charge in [0.1, 0.15) is 0 Å². The molecule has 2 heteroatoms. The number of rotatable bonds is 18. The fourth-order valence-corrected chi connectivity index (χ4v) is 5.49. The summed E-state index contributed by atoms with van der Waals surface area (Å²) in [6.45, 7) is 11.4. The van der Waals surface area contributed by atoms with Crippen LogP contribution in [-0.4, -0.2) is 35.6 Å². The zero-order chi connectivity index (χ0) is 19.6. The fourth-order valence-electron chi connectivity index (χ4n) is 5.49. The van der Waals surface area contributed by atoms with Gasteiger partial charge in [-0.25, -0.2) is 0 Å². The summed E-state index contributed by atoms with van der Waals surface area (Å²) in [5.41, 5.74) is 0. The van der Waals surface area contributed by atoms with E-state index in [0.29, 0.717) is 0 Å². The van der Waals surface area contributed by atoms with Crippen LogP contribution >= 0.6 is 0 Å². The van der Waals surface area contributed by atoms with Crippen molar-refractivity contribution in [1.29, 1.82) is 0 Å². The molecule has 1 saturated carbocycles. The second kappa shape index (κ2) is 18.9. The number of hydrogen-bond acceptors (Lipinski definition) is 1. The molecule has 1 N–H and O–H groups in total. The predicted molar refractivity (Wildman–Crippen MR) is 125 cm³/mol. The van der Waals surface area contributed by atoms with Gasteiger partial charge in [-0.1, -0.05) is 90.4 Å². The van der Waals surface area contributed by atoms with Gasteiger partial charge >= 0.3 is 0 Å². The molecular weight excluding hydrogens is 342 g/mol. The molecule has 0 amide bonds. The van der Waals surface area contributed by atoms with Crippen LogP contribution in [0.3, 0.4) is 0 Å². The van der Waals surface area contributed by atoms with E-state index in [2.05, 4.69) is 20.8 Å². The molecule has 170 valence electrons. The quantitative estimate of drug-likeness (QED) is 0.168. The summed E-state index contributed by atoms with van der Waals surface area (Å²) in [4.78, 5) is 0. The Morgan fingerprint density at radius 3 is 1.32 bits per heavy atom. The maximum Gasteiger partial charge on any atom is 0.0890 e. The van der Waals surface area contributed by atoms with E-state index in [-0.39, 0.29) is 5.48 Å². The van der Waals surface area contributed by atoms with Gasteiger partial charge in [0.2, 0.25) is 0 Å². The SMILES string of the molecule is CCCCCCCCCCCCCCCC[N+](CC)(CC)C1CCCCC1.[OH-]. The second-order valence-electron chi connectivity index (χ2n) is 9.46. The smallest absolute Gasteiger partial charge is 0.0890 e. The number of unbranched alkanes of at least 4 members (excludes halogenated alkanes) is 13. The lowest BCUT2D eigenvalue weighted by atomic mass is 9.91. The topological polar surface area (TPSA) is 30.0 Å². The van der Waals surface area contributed by atoms with Gasteiger partial charge in [0.05, 0.1) is 25.7 Å². The first-order valence-corrected chi connectivity index (χ1v) is 13.1. The molecule has 0 aromatic rings. The van der Waals surface area contributed by atoms with Gasteiger partial charge < -0.3 is 9.96 Å². The lowest BCUT2D eigenvalue weighted by molar-refractivity contribution is -0.949. The lowest BCUT2D eigenvalue weighted by Gasteiger charge is -2.45. The minimum Gasteiger partial charge on any atom is -0.870 e. The molecule has 2 nitrogen and oxygen atoms in total. The highest BCUT2D eigenvalue weighted by Gasteiger charge is 2.34. The Bertz CT molecular complexity index is 308. The molecule has 0 bridgehead atoms. The van der Waals surface area contributed by atoms with Crippen molar-refractivity contribution in [3.63, 3.8) is 0 Å². The van der Waals surface area contributed by atoms with Gasteiger partial charge in [-0.05, 0) is 52.4 Å². The first-order chi connectivity index (χ1) is 13.3. The molecule has 0 aliphatic heterocycles. The minimum absolute atomic E-state index is 0. The average Bonchev–Trinajstić information content (AvgIpc) is 2.72. The molecule has 1 aliphatic rings. The fraction of sp³-hybridized carbons (Fsp3) is 1.00. The van der Waals surface area contributed by atoms with Gasteiger partial charge in [0.15, 0.2) is 0 Å². The largest absolute Gasteiger partial charge is 0.870 e. The summed E-state index contributed by atoms with van der Waals surface area (Å²) in [5.74, 6) is 0. The van der Waals surface area contributed by atoms with Crippen molar-refractivity contribution in [2.45, 2.75) is 149 Å². The van der Waals surface area contributed by atoms with Crippen LogP contribution < -0.4 is 0 Å². The van der Waals surface area contributed by atoms with Crippen LogP contribution in [0.4, 0.5) is 0 Å². The van der Waals surface area contributed by atoms with E-state index in [4.69, 9.17) is 0 Å². The van der Waals surface area contributed by atoms with E-state index in [9.17, 15) is 0 Å². The molecule has 1 fully saturated rings. The Balaban J connectivity index is 0.00000729. The molecule has 1 rings (SSSR count). The molecule has 0 saturated heterocycles. The van der Waals surface area contributed by atoms with Crippen LogP contribution in [0.25, 0.3) is 0 Å². The third-order valence-corrected chi connectivity index (χ3v) is 7.57. The van der Waals surface area contributed by atoms with E-state index < -0.39 is 0 Å². The number of quaternary nitrogens is 1. The Kier molecular flexibility index (Phi) is 18.9. The molecule has 0 aromatic carbocycles. The van der Waals surface area contributed by atoms with E-state index in [1.54, 1.807) is 0 Å². The van der Waals surface area contributed by atoms with Crippen molar-refractivity contribution in [3.8, 4) is 0 Å². The van der Waals surface area contributed by atoms with Gasteiger partial charge in [0, 0.05) is 0 Å². The summed E-state index contributed by atoms with van der Waals surface area (Å²) in [6.07, 6.45) is 28.0. The minimum atomic E-state index is 0. The zero-order valence-electron chi connectivity index (χ0n) is 20.0. The van der Waals surface area contributed by atoms with E-state index in [1.165, 1.54) is 146 Å². The maximum atomic E-state index is 2.45. The van der Waals surface area contributed by atoms with Gasteiger partial charge in [-0.15, -0.1) is 0 Å². The number of nitrogens with zero attached hydrogens (tertiary/aromatic N) is 1. The summed E-state index contributed by atoms with van der Waals surface area (Å²) in [5, 5.41) is 0. The van der Waals surface area contributed by atoms with E-state index in [1.807, 2.05) is 0 Å². The summed E-state index contributed by atoms with van der Waals surface area (Å²) >= 11 is 0. The summed E-state index contributed by atoms with van der Waals surface area (Å²) in [7, 11) is 0. The molecule has 1 aliphatic carbocycles. The highest BCUT2D eigenvalue weighted by molar-refractivity contribution is 4.67. The van der Waals surface area contributed by atoms with E-state index in [0.717, 1.165) is 6.04 Å². The third-order valence-electron chi connectivity index (χ3n) is 7.57. The van der Waals surface area contributed by atoms with Crippen LogP contribution in [0.15, 0.2) is 0 Å². The Hall–Kier alpha value is -0.0800. The maximum absolute atomic E-state index is 2.45. The van der Waals surface area contributed by atoms with Crippen molar-refractivity contribution in [3.05, 3.63) is 0 Å². The van der Waals surface area contributed by atoms with Crippen molar-refractivity contribution < 1.29 is 9.96 Å². The van der Waals surface area contributed by atoms with Crippen LogP contribution in [0.5, 0.6) is 0 Å². The van der Waals surface area contributed by atoms with Crippen molar-refractivity contribution in [1.82, 2.24) is 0 Å². The lowest BCUT2D eigenvalue weighted by Crippen LogP contribution is -2.56. The highest BCUT2D eigenvalue weighted by Crippen LogP contribution is 2.29. The third kappa shape index (κ3) is 11.8. The van der Waals surface area contributed by atoms with Crippen molar-refractivity contribution in [2.75, 3.05) is 19.6 Å². The van der Waals surface area contributed by atoms with Crippen LogP contribution in [-0.2, 0) is 0 Å². The Morgan fingerprint density at radius 2 is 0.929 bits per heavy atom. The molecule has 0 heterocycles. The number of hydrogen-bond donors (Lipinski definition) is 0. The van der Waals surface area contributed by atoms with Gasteiger partial charge in [-0.3, -0.25) is 0 Å². The molecule has 0 spiro atoms. The van der Waals surface area contributed by atoms with Crippen LogP contribution in [0, 0.1) is 0 Å². The monoisotopic (exact) mass is 397 g/mol. The first kappa shape index (κ1) is 27.9. The second-order valence-corrected chi connectivity index (χ2v) is 9.46. The molecule has 0 unspecified atom stereocenters. The predicted octanol–water partition coefficient (Wildman–Crippen LogP) is 8.48. The molecule has 28 heavy (non-hydrogen) atoms. The summed E-state index contributed by atoms with van der Waals surface area (Å²) in [6, 6.07) is 0.982. The molecule has 0 radical (unpaired) electrons. The normalized spacial score (nSPS) is 15.5. The summed E-state index contributed by atoms with van der Waals surface area (Å²) < 4.78 is 1.43. The zero-order valence-corrected chi connectivity index (χ0v) is 20.0. The van der Waals surface area contributed by atoms with Crippen molar-refractivity contribution in [2.24, 2.45) is 0 Å². The van der Waals surface area contributed by atoms with Crippen LogP contribution in [0.1, 0.15) is 143 Å². The van der Waals surface area contributed by atoms with E-state index >= 15 is 0 Å².